The van der Waals surface area contributed by atoms with Crippen molar-refractivity contribution in [2.75, 3.05) is 0 Å². The zero-order valence-electron chi connectivity index (χ0n) is 11.7. The zero-order valence-corrected chi connectivity index (χ0v) is 13.2. The van der Waals surface area contributed by atoms with Crippen molar-refractivity contribution >= 4 is 45.9 Å². The molecule has 0 spiro atoms. The van der Waals surface area contributed by atoms with Crippen LogP contribution in [-0.4, -0.2) is 9.55 Å². The fourth-order valence-corrected chi connectivity index (χ4v) is 2.83. The lowest BCUT2D eigenvalue weighted by Gasteiger charge is -2.04. The van der Waals surface area contributed by atoms with Crippen LogP contribution in [0.3, 0.4) is 0 Å². The van der Waals surface area contributed by atoms with Gasteiger partial charge >= 0.3 is 0 Å². The molecule has 0 radical (unpaired) electrons. The predicted molar refractivity (Wildman–Crippen MR) is 90.7 cm³/mol. The lowest BCUT2D eigenvalue weighted by molar-refractivity contribution is 0.925. The Hall–Kier alpha value is -2.28. The minimum absolute atomic E-state index is 0.411. The lowest BCUT2D eigenvalue weighted by atomic mass is 10.1. The van der Waals surface area contributed by atoms with Gasteiger partial charge in [0.15, 0.2) is 5.82 Å². The fourth-order valence-electron chi connectivity index (χ4n) is 2.33. The highest BCUT2D eigenvalue weighted by Gasteiger charge is 2.13. The summed E-state index contributed by atoms with van der Waals surface area (Å²) in [6.45, 7) is 0. The Balaban J connectivity index is 2.21. The Morgan fingerprint density at radius 2 is 1.82 bits per heavy atom. The van der Waals surface area contributed by atoms with Crippen molar-refractivity contribution in [2.24, 2.45) is 7.05 Å². The van der Waals surface area contributed by atoms with Crippen LogP contribution in [0.15, 0.2) is 42.5 Å². The summed E-state index contributed by atoms with van der Waals surface area (Å²) in [5.74, 6) is 0.583. The molecule has 3 rings (SSSR count). The molecule has 0 amide bonds. The number of fused-ring (bicyclic) bond motifs is 1. The van der Waals surface area contributed by atoms with E-state index in [9.17, 15) is 5.26 Å². The van der Waals surface area contributed by atoms with Gasteiger partial charge < -0.3 is 4.57 Å². The average molecular weight is 328 g/mol. The molecule has 0 unspecified atom stereocenters. The maximum atomic E-state index is 9.51. The molecule has 0 aliphatic carbocycles. The smallest absolute Gasteiger partial charge is 0.151 e. The van der Waals surface area contributed by atoms with Crippen molar-refractivity contribution in [3.8, 4) is 6.07 Å². The first-order valence-electron chi connectivity index (χ1n) is 6.59. The van der Waals surface area contributed by atoms with Crippen LogP contribution in [0.4, 0.5) is 0 Å². The molecule has 0 aliphatic rings. The summed E-state index contributed by atoms with van der Waals surface area (Å²) in [5.41, 5.74) is 2.83. The molecule has 0 fully saturated rings. The van der Waals surface area contributed by atoms with E-state index in [2.05, 4.69) is 11.1 Å². The molecule has 0 atom stereocenters. The molecule has 2 aromatic carbocycles. The SMILES string of the molecule is Cn1c(C(C#N)=Cc2c(Cl)cccc2Cl)nc2ccccc21. The summed E-state index contributed by atoms with van der Waals surface area (Å²) in [6.07, 6.45) is 1.67. The number of hydrogen-bond donors (Lipinski definition) is 0. The Morgan fingerprint density at radius 3 is 2.45 bits per heavy atom. The highest BCUT2D eigenvalue weighted by molar-refractivity contribution is 6.37. The summed E-state index contributed by atoms with van der Waals surface area (Å²) in [7, 11) is 1.88. The topological polar surface area (TPSA) is 41.6 Å². The third kappa shape index (κ3) is 2.48. The van der Waals surface area contributed by atoms with Gasteiger partial charge in [-0.1, -0.05) is 41.4 Å². The molecule has 108 valence electrons. The van der Waals surface area contributed by atoms with E-state index >= 15 is 0 Å². The summed E-state index contributed by atoms with van der Waals surface area (Å²) in [4.78, 5) is 4.52. The maximum Gasteiger partial charge on any atom is 0.151 e. The van der Waals surface area contributed by atoms with Gasteiger partial charge in [-0.05, 0) is 30.3 Å². The van der Waals surface area contributed by atoms with Gasteiger partial charge in [-0.3, -0.25) is 0 Å². The molecular formula is C17H11Cl2N3. The van der Waals surface area contributed by atoms with Gasteiger partial charge in [0.2, 0.25) is 0 Å². The molecule has 0 bridgehead atoms. The Morgan fingerprint density at radius 1 is 1.14 bits per heavy atom. The van der Waals surface area contributed by atoms with E-state index < -0.39 is 0 Å². The zero-order chi connectivity index (χ0) is 15.7. The molecule has 0 N–H and O–H groups in total. The van der Waals surface area contributed by atoms with E-state index in [1.807, 2.05) is 35.9 Å². The van der Waals surface area contributed by atoms with Gasteiger partial charge in [0.25, 0.3) is 0 Å². The summed E-state index contributed by atoms with van der Waals surface area (Å²) in [5, 5.41) is 10.5. The monoisotopic (exact) mass is 327 g/mol. The van der Waals surface area contributed by atoms with Crippen LogP contribution >= 0.6 is 23.2 Å². The van der Waals surface area contributed by atoms with Crippen LogP contribution in [-0.2, 0) is 7.05 Å². The van der Waals surface area contributed by atoms with Crippen molar-refractivity contribution in [3.63, 3.8) is 0 Å². The minimum atomic E-state index is 0.411. The number of aromatic nitrogens is 2. The Bertz CT molecular complexity index is 912. The number of aryl methyl sites for hydroxylation is 1. The van der Waals surface area contributed by atoms with Crippen LogP contribution in [0.2, 0.25) is 10.0 Å². The summed E-state index contributed by atoms with van der Waals surface area (Å²) < 4.78 is 1.88. The average Bonchev–Trinajstić information content (AvgIpc) is 2.85. The Kier molecular flexibility index (Phi) is 3.89. The summed E-state index contributed by atoms with van der Waals surface area (Å²) >= 11 is 12.3. The number of allylic oxidation sites excluding steroid dienone is 1. The van der Waals surface area contributed by atoms with Crippen molar-refractivity contribution in [3.05, 3.63) is 63.9 Å². The van der Waals surface area contributed by atoms with Crippen molar-refractivity contribution in [2.45, 2.75) is 0 Å². The fraction of sp³-hybridized carbons (Fsp3) is 0.0588. The first-order chi connectivity index (χ1) is 10.6. The van der Waals surface area contributed by atoms with Crippen LogP contribution in [0.25, 0.3) is 22.7 Å². The number of halogens is 2. The van der Waals surface area contributed by atoms with E-state index in [1.54, 1.807) is 24.3 Å². The first-order valence-corrected chi connectivity index (χ1v) is 7.35. The molecular weight excluding hydrogens is 317 g/mol. The maximum absolute atomic E-state index is 9.51. The molecule has 1 aromatic heterocycles. The number of nitriles is 1. The molecule has 22 heavy (non-hydrogen) atoms. The van der Waals surface area contributed by atoms with Gasteiger partial charge in [0.1, 0.15) is 6.07 Å². The van der Waals surface area contributed by atoms with Gasteiger partial charge in [-0.25, -0.2) is 4.98 Å². The number of rotatable bonds is 2. The third-order valence-electron chi connectivity index (χ3n) is 3.44. The highest BCUT2D eigenvalue weighted by atomic mass is 35.5. The van der Waals surface area contributed by atoms with E-state index in [1.165, 1.54) is 0 Å². The number of nitrogens with zero attached hydrogens (tertiary/aromatic N) is 3. The van der Waals surface area contributed by atoms with E-state index in [0.717, 1.165) is 11.0 Å². The van der Waals surface area contributed by atoms with Gasteiger partial charge in [0.05, 0.1) is 16.6 Å². The molecule has 3 nitrogen and oxygen atoms in total. The second kappa shape index (κ2) is 5.84. The molecule has 0 saturated heterocycles. The largest absolute Gasteiger partial charge is 0.327 e. The normalized spacial score (nSPS) is 11.6. The second-order valence-corrected chi connectivity index (χ2v) is 5.60. The third-order valence-corrected chi connectivity index (χ3v) is 4.10. The van der Waals surface area contributed by atoms with Gasteiger partial charge in [0, 0.05) is 22.7 Å². The van der Waals surface area contributed by atoms with Crippen LogP contribution < -0.4 is 0 Å². The first kappa shape index (κ1) is 14.6. The quantitative estimate of drug-likeness (QED) is 0.625. The van der Waals surface area contributed by atoms with Crippen molar-refractivity contribution in [1.82, 2.24) is 9.55 Å². The van der Waals surface area contributed by atoms with E-state index in [-0.39, 0.29) is 0 Å². The van der Waals surface area contributed by atoms with Crippen molar-refractivity contribution < 1.29 is 0 Å². The molecule has 5 heteroatoms. The molecule has 0 aliphatic heterocycles. The van der Waals surface area contributed by atoms with Gasteiger partial charge in [-0.15, -0.1) is 0 Å². The second-order valence-electron chi connectivity index (χ2n) is 4.79. The van der Waals surface area contributed by atoms with Crippen LogP contribution in [0, 0.1) is 11.3 Å². The van der Waals surface area contributed by atoms with Crippen LogP contribution in [0.1, 0.15) is 11.4 Å². The lowest BCUT2D eigenvalue weighted by Crippen LogP contribution is -1.96. The highest BCUT2D eigenvalue weighted by Crippen LogP contribution is 2.29. The molecule has 3 aromatic rings. The minimum Gasteiger partial charge on any atom is -0.327 e. The Labute approximate surface area is 138 Å². The number of para-hydroxylation sites is 2. The van der Waals surface area contributed by atoms with Crippen molar-refractivity contribution in [1.29, 1.82) is 5.26 Å². The number of imidazole rings is 1. The molecule has 0 saturated carbocycles. The number of benzene rings is 2. The van der Waals surface area contributed by atoms with E-state index in [0.29, 0.717) is 27.0 Å². The predicted octanol–water partition coefficient (Wildman–Crippen LogP) is 4.94. The van der Waals surface area contributed by atoms with Crippen LogP contribution in [0.5, 0.6) is 0 Å². The number of hydrogen-bond acceptors (Lipinski definition) is 2. The van der Waals surface area contributed by atoms with Gasteiger partial charge in [-0.2, -0.15) is 5.26 Å². The summed E-state index contributed by atoms with van der Waals surface area (Å²) in [6, 6.07) is 15.2. The van der Waals surface area contributed by atoms with E-state index in [4.69, 9.17) is 23.2 Å². The standard InChI is InChI=1S/C17H11Cl2N3/c1-22-16-8-3-2-7-15(16)21-17(22)11(10-20)9-12-13(18)5-4-6-14(12)19/h2-9H,1H3. The molecule has 1 heterocycles.